The number of hydrogen-bond donors (Lipinski definition) is 2. The number of carbonyl (C=O) groups is 1. The van der Waals surface area contributed by atoms with Crippen LogP contribution in [0.3, 0.4) is 0 Å². The molecule has 1 saturated carbocycles. The minimum atomic E-state index is -0.944. The molecule has 0 radical (unpaired) electrons. The van der Waals surface area contributed by atoms with Crippen molar-refractivity contribution in [2.45, 2.75) is 31.8 Å². The Morgan fingerprint density at radius 3 is 2.95 bits per heavy atom. The van der Waals surface area contributed by atoms with Gasteiger partial charge in [-0.1, -0.05) is 0 Å². The van der Waals surface area contributed by atoms with E-state index in [1.165, 1.54) is 18.6 Å². The molecular weight excluding hydrogens is 249 g/mol. The first-order valence-corrected chi connectivity index (χ1v) is 6.27. The zero-order valence-corrected chi connectivity index (χ0v) is 10.3. The van der Waals surface area contributed by atoms with Gasteiger partial charge in [-0.2, -0.15) is 0 Å². The number of imidazole rings is 1. The van der Waals surface area contributed by atoms with Gasteiger partial charge in [-0.15, -0.1) is 0 Å². The van der Waals surface area contributed by atoms with Gasteiger partial charge in [-0.05, 0) is 31.4 Å². The molecule has 1 aliphatic carbocycles. The maximum Gasteiger partial charge on any atom is 0.323 e. The van der Waals surface area contributed by atoms with E-state index >= 15 is 0 Å². The molecule has 19 heavy (non-hydrogen) atoms. The normalized spacial score (nSPS) is 15.4. The van der Waals surface area contributed by atoms with Crippen LogP contribution >= 0.6 is 0 Å². The monoisotopic (exact) mass is 263 g/mol. The number of hydrogen-bond acceptors (Lipinski definition) is 3. The molecule has 100 valence electrons. The molecule has 3 rings (SSSR count). The Morgan fingerprint density at radius 2 is 2.32 bits per heavy atom. The third-order valence-corrected chi connectivity index (χ3v) is 3.44. The van der Waals surface area contributed by atoms with Crippen LogP contribution in [0, 0.1) is 5.82 Å². The number of anilines is 1. The Morgan fingerprint density at radius 1 is 1.53 bits per heavy atom. The number of halogens is 1. The highest BCUT2D eigenvalue weighted by molar-refractivity contribution is 5.81. The van der Waals surface area contributed by atoms with Crippen molar-refractivity contribution in [2.75, 3.05) is 5.32 Å². The quantitative estimate of drug-likeness (QED) is 0.887. The molecule has 1 aromatic heterocycles. The molecule has 2 aromatic rings. The fraction of sp³-hybridized carbons (Fsp3) is 0.385. The molecule has 0 bridgehead atoms. The number of nitrogens with zero attached hydrogens (tertiary/aromatic N) is 2. The Labute approximate surface area is 109 Å². The van der Waals surface area contributed by atoms with Gasteiger partial charge in [0.2, 0.25) is 5.95 Å². The summed E-state index contributed by atoms with van der Waals surface area (Å²) < 4.78 is 14.8. The molecule has 1 fully saturated rings. The molecule has 0 unspecified atom stereocenters. The van der Waals surface area contributed by atoms with Gasteiger partial charge in [0.25, 0.3) is 0 Å². The Balaban J connectivity index is 2.03. The predicted octanol–water partition coefficient (Wildman–Crippen LogP) is 2.22. The van der Waals surface area contributed by atoms with E-state index in [0.29, 0.717) is 23.0 Å². The van der Waals surface area contributed by atoms with Gasteiger partial charge >= 0.3 is 5.97 Å². The first-order valence-electron chi connectivity index (χ1n) is 6.27. The maximum absolute atomic E-state index is 13.2. The molecule has 5 nitrogen and oxygen atoms in total. The number of carboxylic acid groups (broad SMARTS) is 1. The lowest BCUT2D eigenvalue weighted by Gasteiger charge is -2.27. The van der Waals surface area contributed by atoms with Crippen molar-refractivity contribution in [1.82, 2.24) is 9.55 Å². The predicted molar refractivity (Wildman–Crippen MR) is 68.6 cm³/mol. The van der Waals surface area contributed by atoms with Crippen LogP contribution in [0.15, 0.2) is 18.2 Å². The van der Waals surface area contributed by atoms with Crippen molar-refractivity contribution in [1.29, 1.82) is 0 Å². The SMILES string of the molecule is O=C(O)Cn1c(NC2CCC2)nc2cc(F)ccc21. The molecular formula is C13H14FN3O2. The van der Waals surface area contributed by atoms with E-state index in [1.54, 1.807) is 10.6 Å². The van der Waals surface area contributed by atoms with E-state index in [2.05, 4.69) is 10.3 Å². The molecule has 0 atom stereocenters. The van der Waals surface area contributed by atoms with Gasteiger partial charge in [0, 0.05) is 12.1 Å². The first-order chi connectivity index (χ1) is 9.13. The van der Waals surface area contributed by atoms with Gasteiger partial charge in [-0.3, -0.25) is 9.36 Å². The summed E-state index contributed by atoms with van der Waals surface area (Å²) in [6.45, 7) is -0.183. The minimum Gasteiger partial charge on any atom is -0.480 e. The molecule has 1 aliphatic rings. The molecule has 6 heteroatoms. The molecule has 0 aliphatic heterocycles. The average molecular weight is 263 g/mol. The average Bonchev–Trinajstić information content (AvgIpc) is 2.60. The number of fused-ring (bicyclic) bond motifs is 1. The second-order valence-electron chi connectivity index (χ2n) is 4.82. The summed E-state index contributed by atoms with van der Waals surface area (Å²) in [6, 6.07) is 4.54. The van der Waals surface area contributed by atoms with Gasteiger partial charge in [0.15, 0.2) is 0 Å². The van der Waals surface area contributed by atoms with Crippen LogP contribution in [-0.4, -0.2) is 26.7 Å². The lowest BCUT2D eigenvalue weighted by molar-refractivity contribution is -0.137. The van der Waals surface area contributed by atoms with E-state index < -0.39 is 5.97 Å². The Bertz CT molecular complexity index is 634. The third kappa shape index (κ3) is 2.25. The van der Waals surface area contributed by atoms with E-state index in [-0.39, 0.29) is 12.4 Å². The van der Waals surface area contributed by atoms with Crippen LogP contribution in [0.1, 0.15) is 19.3 Å². The topological polar surface area (TPSA) is 67.2 Å². The Kier molecular flexibility index (Phi) is 2.85. The van der Waals surface area contributed by atoms with E-state index in [9.17, 15) is 9.18 Å². The fourth-order valence-electron chi connectivity index (χ4n) is 2.24. The number of aliphatic carboxylic acids is 1. The molecule has 2 N–H and O–H groups in total. The van der Waals surface area contributed by atoms with E-state index in [1.807, 2.05) is 0 Å². The number of nitrogens with one attached hydrogen (secondary N) is 1. The van der Waals surface area contributed by atoms with E-state index in [4.69, 9.17) is 5.11 Å². The van der Waals surface area contributed by atoms with Gasteiger partial charge in [-0.25, -0.2) is 9.37 Å². The second-order valence-corrected chi connectivity index (χ2v) is 4.82. The lowest BCUT2D eigenvalue weighted by atomic mass is 9.93. The molecule has 1 heterocycles. The zero-order chi connectivity index (χ0) is 13.4. The van der Waals surface area contributed by atoms with Crippen LogP contribution in [0.25, 0.3) is 11.0 Å². The highest BCUT2D eigenvalue weighted by Crippen LogP contribution is 2.26. The summed E-state index contributed by atoms with van der Waals surface area (Å²) in [7, 11) is 0. The number of aromatic nitrogens is 2. The van der Waals surface area contributed by atoms with Gasteiger partial charge in [0.1, 0.15) is 12.4 Å². The number of rotatable bonds is 4. The molecule has 0 amide bonds. The largest absolute Gasteiger partial charge is 0.480 e. The standard InChI is InChI=1S/C13H14FN3O2/c14-8-4-5-11-10(6-8)16-13(15-9-2-1-3-9)17(11)7-12(18)19/h4-6,9H,1-3,7H2,(H,15,16)(H,18,19). The molecule has 0 saturated heterocycles. The van der Waals surface area contributed by atoms with E-state index in [0.717, 1.165) is 12.8 Å². The van der Waals surface area contributed by atoms with Crippen molar-refractivity contribution in [3.8, 4) is 0 Å². The molecule has 1 aromatic carbocycles. The summed E-state index contributed by atoms with van der Waals surface area (Å²) in [5.74, 6) is -0.810. The summed E-state index contributed by atoms with van der Waals surface area (Å²) in [5, 5.41) is 12.2. The highest BCUT2D eigenvalue weighted by Gasteiger charge is 2.21. The highest BCUT2D eigenvalue weighted by atomic mass is 19.1. The lowest BCUT2D eigenvalue weighted by Crippen LogP contribution is -2.29. The third-order valence-electron chi connectivity index (χ3n) is 3.44. The van der Waals surface area contributed by atoms with Crippen LogP contribution in [-0.2, 0) is 11.3 Å². The summed E-state index contributed by atoms with van der Waals surface area (Å²) in [5.41, 5.74) is 1.11. The van der Waals surface area contributed by atoms with Crippen LogP contribution in [0.4, 0.5) is 10.3 Å². The van der Waals surface area contributed by atoms with Crippen molar-refractivity contribution in [2.24, 2.45) is 0 Å². The Hall–Kier alpha value is -2.11. The fourth-order valence-corrected chi connectivity index (χ4v) is 2.24. The van der Waals surface area contributed by atoms with Crippen molar-refractivity contribution >= 4 is 23.0 Å². The smallest absolute Gasteiger partial charge is 0.323 e. The minimum absolute atomic E-state index is 0.183. The second kappa shape index (κ2) is 4.53. The summed E-state index contributed by atoms with van der Waals surface area (Å²) >= 11 is 0. The first kappa shape index (κ1) is 12.0. The number of carboxylic acids is 1. The van der Waals surface area contributed by atoms with Crippen molar-refractivity contribution < 1.29 is 14.3 Å². The summed E-state index contributed by atoms with van der Waals surface area (Å²) in [6.07, 6.45) is 3.29. The van der Waals surface area contributed by atoms with Crippen molar-refractivity contribution in [3.63, 3.8) is 0 Å². The van der Waals surface area contributed by atoms with Gasteiger partial charge in [0.05, 0.1) is 11.0 Å². The van der Waals surface area contributed by atoms with Gasteiger partial charge < -0.3 is 10.4 Å². The maximum atomic E-state index is 13.2. The summed E-state index contributed by atoms with van der Waals surface area (Å²) in [4.78, 5) is 15.2. The number of benzene rings is 1. The van der Waals surface area contributed by atoms with Crippen LogP contribution in [0.5, 0.6) is 0 Å². The van der Waals surface area contributed by atoms with Crippen LogP contribution in [0.2, 0.25) is 0 Å². The van der Waals surface area contributed by atoms with Crippen LogP contribution < -0.4 is 5.32 Å². The zero-order valence-electron chi connectivity index (χ0n) is 10.3. The van der Waals surface area contributed by atoms with Crippen molar-refractivity contribution in [3.05, 3.63) is 24.0 Å². The molecule has 0 spiro atoms.